The molecule has 3 heterocycles. The van der Waals surface area contributed by atoms with Crippen LogP contribution in [0.2, 0.25) is 0 Å². The zero-order valence-electron chi connectivity index (χ0n) is 16.8. The molecule has 6 nitrogen and oxygen atoms in total. The highest BCUT2D eigenvalue weighted by Gasteiger charge is 2.18. The zero-order chi connectivity index (χ0) is 19.5. The molecule has 1 saturated carbocycles. The average molecular weight is 393 g/mol. The Balaban J connectivity index is 1.44. The van der Waals surface area contributed by atoms with E-state index in [1.165, 1.54) is 30.4 Å². The van der Waals surface area contributed by atoms with Gasteiger partial charge in [-0.3, -0.25) is 4.90 Å². The summed E-state index contributed by atoms with van der Waals surface area (Å²) in [6.45, 7) is 4.46. The summed E-state index contributed by atoms with van der Waals surface area (Å²) >= 11 is 0. The van der Waals surface area contributed by atoms with E-state index in [2.05, 4.69) is 34.1 Å². The van der Waals surface area contributed by atoms with Crippen LogP contribution in [0.5, 0.6) is 5.88 Å². The van der Waals surface area contributed by atoms with Crippen molar-refractivity contribution in [2.24, 2.45) is 0 Å². The van der Waals surface area contributed by atoms with Crippen LogP contribution in [0.25, 0.3) is 16.9 Å². The lowest BCUT2D eigenvalue weighted by Gasteiger charge is -2.27. The molecule has 2 fully saturated rings. The number of fused-ring (bicyclic) bond motifs is 1. The first kappa shape index (κ1) is 18.6. The van der Waals surface area contributed by atoms with Crippen LogP contribution in [0.15, 0.2) is 42.6 Å². The lowest BCUT2D eigenvalue weighted by atomic mass is 9.98. The van der Waals surface area contributed by atoms with Crippen LogP contribution in [0.3, 0.4) is 0 Å². The average Bonchev–Trinajstić information content (AvgIpc) is 3.19. The van der Waals surface area contributed by atoms with E-state index < -0.39 is 0 Å². The highest BCUT2D eigenvalue weighted by Crippen LogP contribution is 2.27. The first-order valence-corrected chi connectivity index (χ1v) is 10.8. The van der Waals surface area contributed by atoms with Gasteiger partial charge in [0.25, 0.3) is 0 Å². The van der Waals surface area contributed by atoms with E-state index >= 15 is 0 Å². The first-order chi connectivity index (χ1) is 14.4. The van der Waals surface area contributed by atoms with Crippen LogP contribution in [-0.4, -0.2) is 51.9 Å². The molecule has 0 radical (unpaired) electrons. The third-order valence-corrected chi connectivity index (χ3v) is 5.97. The van der Waals surface area contributed by atoms with Gasteiger partial charge in [-0.2, -0.15) is 0 Å². The summed E-state index contributed by atoms with van der Waals surface area (Å²) in [4.78, 5) is 7.02. The van der Waals surface area contributed by atoms with E-state index in [0.717, 1.165) is 57.0 Å². The van der Waals surface area contributed by atoms with Gasteiger partial charge in [-0.15, -0.1) is 5.10 Å². The summed E-state index contributed by atoms with van der Waals surface area (Å²) in [6, 6.07) is 12.5. The Kier molecular flexibility index (Phi) is 5.45. The van der Waals surface area contributed by atoms with Crippen LogP contribution in [-0.2, 0) is 11.3 Å². The van der Waals surface area contributed by atoms with Crippen molar-refractivity contribution in [3.05, 3.63) is 48.2 Å². The van der Waals surface area contributed by atoms with Crippen molar-refractivity contribution < 1.29 is 9.47 Å². The van der Waals surface area contributed by atoms with Gasteiger partial charge in [0.15, 0.2) is 5.65 Å². The predicted octanol–water partition coefficient (Wildman–Crippen LogP) is 3.94. The van der Waals surface area contributed by atoms with Crippen LogP contribution in [0.4, 0.5) is 0 Å². The second-order valence-corrected chi connectivity index (χ2v) is 8.01. The molecule has 2 aromatic heterocycles. The summed E-state index contributed by atoms with van der Waals surface area (Å²) in [5, 5.41) is 4.79. The fraction of sp³-hybridized carbons (Fsp3) is 0.478. The maximum Gasteiger partial charge on any atom is 0.232 e. The van der Waals surface area contributed by atoms with Crippen LogP contribution >= 0.6 is 0 Å². The molecule has 1 aromatic carbocycles. The molecule has 2 aliphatic rings. The maximum absolute atomic E-state index is 6.19. The molecule has 5 rings (SSSR count). The Morgan fingerprint density at radius 1 is 1.00 bits per heavy atom. The monoisotopic (exact) mass is 392 g/mol. The molecule has 0 N–H and O–H groups in total. The molecule has 1 saturated heterocycles. The molecule has 152 valence electrons. The third kappa shape index (κ3) is 4.14. The fourth-order valence-corrected chi connectivity index (χ4v) is 4.36. The smallest absolute Gasteiger partial charge is 0.232 e. The quantitative estimate of drug-likeness (QED) is 0.658. The predicted molar refractivity (Wildman–Crippen MR) is 112 cm³/mol. The summed E-state index contributed by atoms with van der Waals surface area (Å²) in [6.07, 6.45) is 8.27. The van der Waals surface area contributed by atoms with Gasteiger partial charge in [-0.25, -0.2) is 9.50 Å². The van der Waals surface area contributed by atoms with Crippen molar-refractivity contribution in [2.45, 2.75) is 44.8 Å². The maximum atomic E-state index is 6.19. The number of benzene rings is 1. The number of imidazole rings is 1. The number of morpholine rings is 1. The Morgan fingerprint density at radius 2 is 1.83 bits per heavy atom. The van der Waals surface area contributed by atoms with Gasteiger partial charge < -0.3 is 9.47 Å². The molecule has 0 bridgehead atoms. The van der Waals surface area contributed by atoms with Gasteiger partial charge in [0.05, 0.1) is 25.1 Å². The fourth-order valence-electron chi connectivity index (χ4n) is 4.36. The van der Waals surface area contributed by atoms with Gasteiger partial charge in [-0.05, 0) is 37.3 Å². The summed E-state index contributed by atoms with van der Waals surface area (Å²) in [7, 11) is 0. The second kappa shape index (κ2) is 8.51. The molecule has 29 heavy (non-hydrogen) atoms. The first-order valence-electron chi connectivity index (χ1n) is 10.8. The molecule has 0 atom stereocenters. The van der Waals surface area contributed by atoms with E-state index in [4.69, 9.17) is 14.6 Å². The van der Waals surface area contributed by atoms with Crippen molar-refractivity contribution in [1.29, 1.82) is 0 Å². The van der Waals surface area contributed by atoms with E-state index in [9.17, 15) is 0 Å². The topological polar surface area (TPSA) is 51.9 Å². The van der Waals surface area contributed by atoms with Crippen molar-refractivity contribution in [2.75, 3.05) is 26.3 Å². The molecular weight excluding hydrogens is 364 g/mol. The molecular formula is C23H28N4O2. The van der Waals surface area contributed by atoms with Gasteiger partial charge in [0, 0.05) is 31.3 Å². The molecule has 6 heteroatoms. The highest BCUT2D eigenvalue weighted by molar-refractivity contribution is 5.66. The highest BCUT2D eigenvalue weighted by atomic mass is 16.5. The third-order valence-electron chi connectivity index (χ3n) is 5.97. The van der Waals surface area contributed by atoms with Crippen LogP contribution in [0.1, 0.15) is 37.7 Å². The molecule has 3 aromatic rings. The van der Waals surface area contributed by atoms with Crippen molar-refractivity contribution in [3.8, 4) is 17.1 Å². The number of hydrogen-bond donors (Lipinski definition) is 0. The second-order valence-electron chi connectivity index (χ2n) is 8.01. The minimum absolute atomic E-state index is 0.286. The Bertz CT molecular complexity index is 958. The van der Waals surface area contributed by atoms with E-state index in [0.29, 0.717) is 5.88 Å². The number of aromatic nitrogens is 3. The summed E-state index contributed by atoms with van der Waals surface area (Å²) in [5.74, 6) is 0.689. The lowest BCUT2D eigenvalue weighted by molar-refractivity contribution is 0.0342. The van der Waals surface area contributed by atoms with E-state index in [-0.39, 0.29) is 6.10 Å². The SMILES string of the molecule is c1ccc(-c2cnc3ccc(OC4CCCCC4)nn23)c(CN2CCOCC2)c1. The van der Waals surface area contributed by atoms with Gasteiger partial charge in [0.1, 0.15) is 6.10 Å². The summed E-state index contributed by atoms with van der Waals surface area (Å²) in [5.41, 5.74) is 4.32. The Labute approximate surface area is 171 Å². The molecule has 1 aliphatic carbocycles. The largest absolute Gasteiger partial charge is 0.473 e. The normalized spacial score (nSPS) is 18.9. The number of ether oxygens (including phenoxy) is 2. The van der Waals surface area contributed by atoms with Crippen molar-refractivity contribution in [1.82, 2.24) is 19.5 Å². The molecule has 1 aliphatic heterocycles. The van der Waals surface area contributed by atoms with Crippen molar-refractivity contribution in [3.63, 3.8) is 0 Å². The summed E-state index contributed by atoms with van der Waals surface area (Å²) < 4.78 is 13.6. The van der Waals surface area contributed by atoms with E-state index in [1.54, 1.807) is 0 Å². The Hall–Kier alpha value is -2.44. The van der Waals surface area contributed by atoms with Gasteiger partial charge >= 0.3 is 0 Å². The minimum Gasteiger partial charge on any atom is -0.473 e. The lowest BCUT2D eigenvalue weighted by Crippen LogP contribution is -2.35. The van der Waals surface area contributed by atoms with Crippen LogP contribution < -0.4 is 4.74 Å². The molecule has 0 unspecified atom stereocenters. The molecule has 0 spiro atoms. The number of nitrogens with zero attached hydrogens (tertiary/aromatic N) is 4. The zero-order valence-corrected chi connectivity index (χ0v) is 16.8. The standard InChI is InChI=1S/C23H28N4O2/c1-2-7-19(8-3-1)29-23-11-10-22-24-16-21(27(22)25-23)20-9-5-4-6-18(20)17-26-12-14-28-15-13-26/h4-6,9-11,16,19H,1-3,7-8,12-15,17H2. The van der Waals surface area contributed by atoms with E-state index in [1.807, 2.05) is 22.8 Å². The van der Waals surface area contributed by atoms with Gasteiger partial charge in [0.2, 0.25) is 5.88 Å². The Morgan fingerprint density at radius 3 is 2.69 bits per heavy atom. The minimum atomic E-state index is 0.286. The molecule has 0 amide bonds. The number of hydrogen-bond acceptors (Lipinski definition) is 5. The van der Waals surface area contributed by atoms with Gasteiger partial charge in [-0.1, -0.05) is 30.7 Å². The number of rotatable bonds is 5. The van der Waals surface area contributed by atoms with Crippen LogP contribution in [0, 0.1) is 0 Å². The van der Waals surface area contributed by atoms with Crippen molar-refractivity contribution >= 4 is 5.65 Å².